The van der Waals surface area contributed by atoms with E-state index in [0.29, 0.717) is 17.6 Å². The maximum Gasteiger partial charge on any atom is 0.0613 e. The van der Waals surface area contributed by atoms with E-state index in [-0.39, 0.29) is 0 Å². The number of hydrogen-bond acceptors (Lipinski definition) is 2. The summed E-state index contributed by atoms with van der Waals surface area (Å²) in [5, 5.41) is 3.71. The molecule has 88 valence electrons. The second-order valence-corrected chi connectivity index (χ2v) is 5.65. The molecule has 3 unspecified atom stereocenters. The molecule has 2 heteroatoms. The van der Waals surface area contributed by atoms with Crippen molar-refractivity contribution in [1.29, 1.82) is 0 Å². The molecule has 0 aromatic carbocycles. The third kappa shape index (κ3) is 2.54. The smallest absolute Gasteiger partial charge is 0.0613 e. The van der Waals surface area contributed by atoms with Crippen LogP contribution in [0.3, 0.4) is 0 Å². The monoisotopic (exact) mass is 211 g/mol. The predicted octanol–water partition coefficient (Wildman–Crippen LogP) is 2.58. The van der Waals surface area contributed by atoms with E-state index in [0.717, 1.165) is 25.5 Å². The fourth-order valence-electron chi connectivity index (χ4n) is 2.58. The highest BCUT2D eigenvalue weighted by Crippen LogP contribution is 2.48. The Balaban J connectivity index is 1.72. The molecule has 0 bridgehead atoms. The van der Waals surface area contributed by atoms with Crippen LogP contribution in [0.1, 0.15) is 46.5 Å². The highest BCUT2D eigenvalue weighted by atomic mass is 16.5. The minimum atomic E-state index is 0.511. The minimum absolute atomic E-state index is 0.511. The van der Waals surface area contributed by atoms with Gasteiger partial charge in [-0.2, -0.15) is 0 Å². The van der Waals surface area contributed by atoms with Gasteiger partial charge < -0.3 is 10.1 Å². The summed E-state index contributed by atoms with van der Waals surface area (Å²) in [4.78, 5) is 0. The largest absolute Gasteiger partial charge is 0.378 e. The van der Waals surface area contributed by atoms with Gasteiger partial charge in [-0.1, -0.05) is 13.8 Å². The van der Waals surface area contributed by atoms with Crippen LogP contribution >= 0.6 is 0 Å². The van der Waals surface area contributed by atoms with Crippen molar-refractivity contribution in [3.05, 3.63) is 0 Å². The van der Waals surface area contributed by atoms with Crippen LogP contribution < -0.4 is 5.32 Å². The number of rotatable bonds is 5. The lowest BCUT2D eigenvalue weighted by Crippen LogP contribution is -2.38. The van der Waals surface area contributed by atoms with Crippen molar-refractivity contribution in [3.8, 4) is 0 Å². The SMILES string of the molecule is CCC1OCCC1CNC(C)C1(C)CC1. The van der Waals surface area contributed by atoms with Crippen LogP contribution in [0, 0.1) is 11.3 Å². The van der Waals surface area contributed by atoms with Crippen molar-refractivity contribution >= 4 is 0 Å². The van der Waals surface area contributed by atoms with Crippen molar-refractivity contribution in [2.75, 3.05) is 13.2 Å². The summed E-state index contributed by atoms with van der Waals surface area (Å²) in [5.74, 6) is 0.750. The van der Waals surface area contributed by atoms with E-state index in [9.17, 15) is 0 Å². The zero-order chi connectivity index (χ0) is 10.9. The molecule has 0 radical (unpaired) electrons. The molecular weight excluding hydrogens is 186 g/mol. The summed E-state index contributed by atoms with van der Waals surface area (Å²) in [6.07, 6.45) is 5.73. The summed E-state index contributed by atoms with van der Waals surface area (Å²) < 4.78 is 5.71. The Kier molecular flexibility index (Phi) is 3.36. The van der Waals surface area contributed by atoms with Crippen molar-refractivity contribution in [2.24, 2.45) is 11.3 Å². The molecule has 1 N–H and O–H groups in total. The fraction of sp³-hybridized carbons (Fsp3) is 1.00. The lowest BCUT2D eigenvalue weighted by molar-refractivity contribution is 0.0861. The molecule has 3 atom stereocenters. The van der Waals surface area contributed by atoms with Gasteiger partial charge in [-0.25, -0.2) is 0 Å². The van der Waals surface area contributed by atoms with Gasteiger partial charge in [-0.05, 0) is 43.9 Å². The van der Waals surface area contributed by atoms with E-state index in [1.54, 1.807) is 0 Å². The minimum Gasteiger partial charge on any atom is -0.378 e. The Morgan fingerprint density at radius 3 is 2.80 bits per heavy atom. The summed E-state index contributed by atoms with van der Waals surface area (Å²) >= 11 is 0. The van der Waals surface area contributed by atoms with Crippen LogP contribution in [0.4, 0.5) is 0 Å². The zero-order valence-corrected chi connectivity index (χ0v) is 10.4. The third-order valence-corrected chi connectivity index (χ3v) is 4.52. The van der Waals surface area contributed by atoms with Crippen molar-refractivity contribution in [1.82, 2.24) is 5.32 Å². The number of hydrogen-bond donors (Lipinski definition) is 1. The summed E-state index contributed by atoms with van der Waals surface area (Å²) in [7, 11) is 0. The van der Waals surface area contributed by atoms with Gasteiger partial charge in [0.2, 0.25) is 0 Å². The highest BCUT2D eigenvalue weighted by Gasteiger charge is 2.42. The van der Waals surface area contributed by atoms with Crippen LogP contribution in [0.25, 0.3) is 0 Å². The van der Waals surface area contributed by atoms with E-state index in [1.807, 2.05) is 0 Å². The van der Waals surface area contributed by atoms with Crippen LogP contribution in [-0.4, -0.2) is 25.3 Å². The summed E-state index contributed by atoms with van der Waals surface area (Å²) in [5.41, 5.74) is 0.598. The van der Waals surface area contributed by atoms with E-state index in [4.69, 9.17) is 4.74 Å². The number of nitrogens with one attached hydrogen (secondary N) is 1. The normalized spacial score (nSPS) is 35.4. The first-order valence-corrected chi connectivity index (χ1v) is 6.50. The van der Waals surface area contributed by atoms with Crippen LogP contribution in [-0.2, 0) is 4.74 Å². The molecule has 15 heavy (non-hydrogen) atoms. The second-order valence-electron chi connectivity index (χ2n) is 5.65. The van der Waals surface area contributed by atoms with Crippen molar-refractivity contribution in [2.45, 2.75) is 58.6 Å². The Morgan fingerprint density at radius 2 is 2.20 bits per heavy atom. The molecular formula is C13H25NO. The first-order chi connectivity index (χ1) is 7.15. The second kappa shape index (κ2) is 4.42. The van der Waals surface area contributed by atoms with Gasteiger partial charge in [0.15, 0.2) is 0 Å². The topological polar surface area (TPSA) is 21.3 Å². The maximum absolute atomic E-state index is 5.71. The van der Waals surface area contributed by atoms with Gasteiger partial charge in [-0.15, -0.1) is 0 Å². The van der Waals surface area contributed by atoms with Crippen molar-refractivity contribution in [3.63, 3.8) is 0 Å². The van der Waals surface area contributed by atoms with Gasteiger partial charge in [0.1, 0.15) is 0 Å². The number of ether oxygens (including phenoxy) is 1. The van der Waals surface area contributed by atoms with Crippen LogP contribution in [0.5, 0.6) is 0 Å². The molecule has 1 saturated carbocycles. The Hall–Kier alpha value is -0.0800. The van der Waals surface area contributed by atoms with Crippen LogP contribution in [0.15, 0.2) is 0 Å². The molecule has 1 saturated heterocycles. The fourth-order valence-corrected chi connectivity index (χ4v) is 2.58. The van der Waals surface area contributed by atoms with Gasteiger partial charge in [0, 0.05) is 19.2 Å². The van der Waals surface area contributed by atoms with Gasteiger partial charge >= 0.3 is 0 Å². The van der Waals surface area contributed by atoms with Crippen molar-refractivity contribution < 1.29 is 4.74 Å². The lowest BCUT2D eigenvalue weighted by atomic mass is 9.96. The molecule has 0 amide bonds. The Labute approximate surface area is 93.8 Å². The Bertz CT molecular complexity index is 213. The van der Waals surface area contributed by atoms with E-state index < -0.39 is 0 Å². The average molecular weight is 211 g/mol. The van der Waals surface area contributed by atoms with E-state index in [1.165, 1.54) is 19.3 Å². The standard InChI is InChI=1S/C13H25NO/c1-4-12-11(5-8-15-12)9-14-10(2)13(3)6-7-13/h10-12,14H,4-9H2,1-3H3. The maximum atomic E-state index is 5.71. The van der Waals surface area contributed by atoms with E-state index >= 15 is 0 Å². The van der Waals surface area contributed by atoms with Gasteiger partial charge in [0.05, 0.1) is 6.10 Å². The summed E-state index contributed by atoms with van der Waals surface area (Å²) in [6, 6.07) is 0.676. The molecule has 2 aliphatic rings. The molecule has 1 heterocycles. The molecule has 2 rings (SSSR count). The Morgan fingerprint density at radius 1 is 1.47 bits per heavy atom. The first-order valence-electron chi connectivity index (χ1n) is 6.50. The molecule has 2 nitrogen and oxygen atoms in total. The van der Waals surface area contributed by atoms with Gasteiger partial charge in [-0.3, -0.25) is 0 Å². The first kappa shape index (κ1) is 11.4. The molecule has 0 aromatic rings. The average Bonchev–Trinajstić information content (AvgIpc) is 2.83. The van der Waals surface area contributed by atoms with Crippen LogP contribution in [0.2, 0.25) is 0 Å². The zero-order valence-electron chi connectivity index (χ0n) is 10.4. The molecule has 1 aliphatic heterocycles. The molecule has 1 aliphatic carbocycles. The predicted molar refractivity (Wildman–Crippen MR) is 62.9 cm³/mol. The molecule has 0 aromatic heterocycles. The lowest BCUT2D eigenvalue weighted by Gasteiger charge is -2.24. The van der Waals surface area contributed by atoms with E-state index in [2.05, 4.69) is 26.1 Å². The third-order valence-electron chi connectivity index (χ3n) is 4.52. The van der Waals surface area contributed by atoms with Gasteiger partial charge in [0.25, 0.3) is 0 Å². The molecule has 2 fully saturated rings. The molecule has 0 spiro atoms. The quantitative estimate of drug-likeness (QED) is 0.754. The summed E-state index contributed by atoms with van der Waals surface area (Å²) in [6.45, 7) is 9.08. The highest BCUT2D eigenvalue weighted by molar-refractivity contribution is 4.97.